The summed E-state index contributed by atoms with van der Waals surface area (Å²) in [6.45, 7) is 4.27. The minimum absolute atomic E-state index is 0.120. The summed E-state index contributed by atoms with van der Waals surface area (Å²) in [5.41, 5.74) is 1.54. The number of ether oxygens (including phenoxy) is 1. The van der Waals surface area contributed by atoms with Gasteiger partial charge in [-0.05, 0) is 42.9 Å². The molecule has 1 fully saturated rings. The Morgan fingerprint density at radius 2 is 1.90 bits per heavy atom. The van der Waals surface area contributed by atoms with E-state index in [4.69, 9.17) is 4.74 Å². The lowest BCUT2D eigenvalue weighted by Crippen LogP contribution is -2.38. The molecule has 1 aromatic carbocycles. The highest BCUT2D eigenvalue weighted by Crippen LogP contribution is 2.21. The quantitative estimate of drug-likeness (QED) is 0.729. The maximum absolute atomic E-state index is 12.7. The zero-order valence-corrected chi connectivity index (χ0v) is 17.1. The van der Waals surface area contributed by atoms with Crippen LogP contribution in [0.5, 0.6) is 0 Å². The number of aromatic nitrogens is 1. The van der Waals surface area contributed by atoms with E-state index in [9.17, 15) is 9.59 Å². The van der Waals surface area contributed by atoms with Gasteiger partial charge in [-0.25, -0.2) is 4.98 Å². The molecule has 1 aliphatic heterocycles. The van der Waals surface area contributed by atoms with Gasteiger partial charge in [-0.3, -0.25) is 9.59 Å². The van der Waals surface area contributed by atoms with Gasteiger partial charge in [0, 0.05) is 25.3 Å². The van der Waals surface area contributed by atoms with Crippen LogP contribution >= 0.6 is 0 Å². The van der Waals surface area contributed by atoms with Crippen molar-refractivity contribution in [3.8, 4) is 0 Å². The fraction of sp³-hybridized carbons (Fsp3) is 0.435. The Bertz CT molecular complexity index is 800. The molecule has 1 amide bonds. The van der Waals surface area contributed by atoms with E-state index in [0.717, 1.165) is 30.4 Å². The number of carbonyl (C=O) groups excluding carboxylic acids is 2. The van der Waals surface area contributed by atoms with Gasteiger partial charge in [0.25, 0.3) is 5.91 Å². The van der Waals surface area contributed by atoms with Crippen molar-refractivity contribution in [2.24, 2.45) is 5.92 Å². The molecule has 1 aliphatic rings. The molecule has 0 bridgehead atoms. The zero-order chi connectivity index (χ0) is 20.6. The van der Waals surface area contributed by atoms with Crippen LogP contribution < -0.4 is 10.2 Å². The molecule has 0 aliphatic carbocycles. The highest BCUT2D eigenvalue weighted by molar-refractivity contribution is 5.94. The number of rotatable bonds is 7. The van der Waals surface area contributed by atoms with Gasteiger partial charge < -0.3 is 15.0 Å². The van der Waals surface area contributed by atoms with E-state index >= 15 is 0 Å². The fourth-order valence-corrected chi connectivity index (χ4v) is 3.57. The van der Waals surface area contributed by atoms with Gasteiger partial charge in [-0.15, -0.1) is 0 Å². The molecule has 0 saturated carbocycles. The van der Waals surface area contributed by atoms with Gasteiger partial charge in [0.05, 0.1) is 19.1 Å². The van der Waals surface area contributed by atoms with Crippen molar-refractivity contribution in [3.63, 3.8) is 0 Å². The molecule has 29 heavy (non-hydrogen) atoms. The van der Waals surface area contributed by atoms with Crippen LogP contribution in [-0.4, -0.2) is 43.1 Å². The molecule has 2 aromatic rings. The molecule has 2 heterocycles. The van der Waals surface area contributed by atoms with Crippen molar-refractivity contribution in [2.45, 2.75) is 38.6 Å². The molecule has 3 rings (SSSR count). The summed E-state index contributed by atoms with van der Waals surface area (Å²) in [4.78, 5) is 31.3. The first-order valence-corrected chi connectivity index (χ1v) is 10.2. The first-order chi connectivity index (χ1) is 14.0. The predicted octanol–water partition coefficient (Wildman–Crippen LogP) is 3.22. The molecule has 1 N–H and O–H groups in total. The average molecular weight is 396 g/mol. The number of piperidine rings is 1. The maximum atomic E-state index is 12.7. The van der Waals surface area contributed by atoms with E-state index in [0.29, 0.717) is 12.0 Å². The monoisotopic (exact) mass is 395 g/mol. The molecular formula is C23H29N3O3. The molecule has 6 heteroatoms. The number of amides is 1. The Morgan fingerprint density at radius 3 is 2.52 bits per heavy atom. The summed E-state index contributed by atoms with van der Waals surface area (Å²) in [6, 6.07) is 13.1. The third kappa shape index (κ3) is 6.04. The van der Waals surface area contributed by atoms with Crippen LogP contribution in [0.15, 0.2) is 48.7 Å². The fourth-order valence-electron chi connectivity index (χ4n) is 3.57. The first kappa shape index (κ1) is 20.8. The minimum atomic E-state index is -0.348. The number of pyridine rings is 1. The second-order valence-electron chi connectivity index (χ2n) is 7.72. The van der Waals surface area contributed by atoms with Crippen molar-refractivity contribution < 1.29 is 14.3 Å². The van der Waals surface area contributed by atoms with Crippen LogP contribution in [0.1, 0.15) is 42.1 Å². The Balaban J connectivity index is 1.64. The highest BCUT2D eigenvalue weighted by Gasteiger charge is 2.20. The first-order valence-electron chi connectivity index (χ1n) is 10.2. The summed E-state index contributed by atoms with van der Waals surface area (Å²) < 4.78 is 4.79. The maximum Gasteiger partial charge on any atom is 0.307 e. The molecule has 6 nitrogen and oxygen atoms in total. The lowest BCUT2D eigenvalue weighted by atomic mass is 9.99. The van der Waals surface area contributed by atoms with Crippen LogP contribution in [0.2, 0.25) is 0 Å². The number of carbonyl (C=O) groups is 2. The van der Waals surface area contributed by atoms with E-state index in [-0.39, 0.29) is 24.3 Å². The van der Waals surface area contributed by atoms with Gasteiger partial charge in [0.15, 0.2) is 0 Å². The van der Waals surface area contributed by atoms with Gasteiger partial charge >= 0.3 is 5.97 Å². The molecular weight excluding hydrogens is 366 g/mol. The lowest BCUT2D eigenvalue weighted by Gasteiger charge is -2.31. The predicted molar refractivity (Wildman–Crippen MR) is 113 cm³/mol. The minimum Gasteiger partial charge on any atom is -0.469 e. The van der Waals surface area contributed by atoms with Gasteiger partial charge in [0.1, 0.15) is 5.82 Å². The van der Waals surface area contributed by atoms with E-state index in [1.54, 1.807) is 12.3 Å². The molecule has 1 aromatic heterocycles. The largest absolute Gasteiger partial charge is 0.469 e. The molecule has 1 saturated heterocycles. The second-order valence-corrected chi connectivity index (χ2v) is 7.72. The van der Waals surface area contributed by atoms with E-state index in [1.807, 2.05) is 36.4 Å². The van der Waals surface area contributed by atoms with Crippen molar-refractivity contribution >= 4 is 17.7 Å². The Labute approximate surface area is 172 Å². The van der Waals surface area contributed by atoms with Gasteiger partial charge in [-0.2, -0.15) is 0 Å². The zero-order valence-electron chi connectivity index (χ0n) is 17.1. The summed E-state index contributed by atoms with van der Waals surface area (Å²) in [5.74, 6) is 1.08. The number of anilines is 1. The summed E-state index contributed by atoms with van der Waals surface area (Å²) in [5, 5.41) is 2.96. The standard InChI is InChI=1S/C23H29N3O3/c1-17-10-12-26(13-11-17)21-9-8-19(16-24-21)23(28)25-20(15-22(27)29-2)14-18-6-4-3-5-7-18/h3-9,16-17,20H,10-15H2,1-2H3,(H,25,28)/t20-/m0/s1. The molecule has 1 atom stereocenters. The summed E-state index contributed by atoms with van der Waals surface area (Å²) in [7, 11) is 1.35. The van der Waals surface area contributed by atoms with E-state index < -0.39 is 0 Å². The van der Waals surface area contributed by atoms with Crippen LogP contribution in [0.3, 0.4) is 0 Å². The number of nitrogens with zero attached hydrogens (tertiary/aromatic N) is 2. The summed E-state index contributed by atoms with van der Waals surface area (Å²) >= 11 is 0. The number of benzene rings is 1. The van der Waals surface area contributed by atoms with Crippen molar-refractivity contribution in [1.29, 1.82) is 0 Å². The number of hydrogen-bond acceptors (Lipinski definition) is 5. The average Bonchev–Trinajstić information content (AvgIpc) is 2.75. The number of esters is 1. The Kier molecular flexibility index (Phi) is 7.22. The van der Waals surface area contributed by atoms with Crippen molar-refractivity contribution in [2.75, 3.05) is 25.1 Å². The third-order valence-corrected chi connectivity index (χ3v) is 5.42. The molecule has 0 radical (unpaired) electrons. The topological polar surface area (TPSA) is 71.5 Å². The molecule has 0 spiro atoms. The van der Waals surface area contributed by atoms with Crippen molar-refractivity contribution in [3.05, 3.63) is 59.8 Å². The van der Waals surface area contributed by atoms with Crippen LogP contribution in [0.4, 0.5) is 5.82 Å². The normalized spacial score (nSPS) is 15.6. The van der Waals surface area contributed by atoms with E-state index in [1.165, 1.54) is 20.0 Å². The number of nitrogens with one attached hydrogen (secondary N) is 1. The Morgan fingerprint density at radius 1 is 1.17 bits per heavy atom. The summed E-state index contributed by atoms with van der Waals surface area (Å²) in [6.07, 6.45) is 4.62. The van der Waals surface area contributed by atoms with E-state index in [2.05, 4.69) is 22.1 Å². The van der Waals surface area contributed by atoms with Gasteiger partial charge in [0.2, 0.25) is 0 Å². The number of hydrogen-bond donors (Lipinski definition) is 1. The molecule has 154 valence electrons. The van der Waals surface area contributed by atoms with Crippen LogP contribution in [-0.2, 0) is 16.0 Å². The van der Waals surface area contributed by atoms with Crippen LogP contribution in [0, 0.1) is 5.92 Å². The van der Waals surface area contributed by atoms with Gasteiger partial charge in [-0.1, -0.05) is 37.3 Å². The van der Waals surface area contributed by atoms with Crippen molar-refractivity contribution in [1.82, 2.24) is 10.3 Å². The molecule has 0 unspecified atom stereocenters. The third-order valence-electron chi connectivity index (χ3n) is 5.42. The lowest BCUT2D eigenvalue weighted by molar-refractivity contribution is -0.141. The SMILES string of the molecule is COC(=O)C[C@H](Cc1ccccc1)NC(=O)c1ccc(N2CCC(C)CC2)nc1. The Hall–Kier alpha value is -2.89. The highest BCUT2D eigenvalue weighted by atomic mass is 16.5. The van der Waals surface area contributed by atoms with Crippen LogP contribution in [0.25, 0.3) is 0 Å². The smallest absolute Gasteiger partial charge is 0.307 e. The second kappa shape index (κ2) is 10.0. The number of methoxy groups -OCH3 is 1.